The number of oxazole rings is 1. The number of carbonyl (C=O) groups is 1. The molecule has 1 amide bonds. The van der Waals surface area contributed by atoms with Crippen molar-refractivity contribution in [3.05, 3.63) is 53.7 Å². The first-order chi connectivity index (χ1) is 14.8. The summed E-state index contributed by atoms with van der Waals surface area (Å²) in [7, 11) is 1.50. The molecule has 0 bridgehead atoms. The van der Waals surface area contributed by atoms with E-state index in [0.717, 1.165) is 24.4 Å². The molecule has 3 aromatic rings. The topological polar surface area (TPSA) is 99.4 Å². The third kappa shape index (κ3) is 4.76. The van der Waals surface area contributed by atoms with Crippen molar-refractivity contribution in [2.45, 2.75) is 31.7 Å². The van der Waals surface area contributed by atoms with Gasteiger partial charge in [-0.2, -0.15) is 0 Å². The molecule has 1 aliphatic rings. The zero-order chi connectivity index (χ0) is 22.0. The van der Waals surface area contributed by atoms with Crippen LogP contribution in [0.5, 0.6) is 11.8 Å². The summed E-state index contributed by atoms with van der Waals surface area (Å²) in [6, 6.07) is 5.18. The highest BCUT2D eigenvalue weighted by molar-refractivity contribution is 5.94. The van der Waals surface area contributed by atoms with Gasteiger partial charge in [0.1, 0.15) is 5.76 Å². The number of methoxy groups -OCH3 is 1. The van der Waals surface area contributed by atoms with Gasteiger partial charge in [0, 0.05) is 35.7 Å². The summed E-state index contributed by atoms with van der Waals surface area (Å²) in [5.74, 6) is 0.0183. The van der Waals surface area contributed by atoms with E-state index < -0.39 is 24.2 Å². The third-order valence-corrected chi connectivity index (χ3v) is 4.66. The van der Waals surface area contributed by atoms with Crippen molar-refractivity contribution in [2.75, 3.05) is 7.11 Å². The van der Waals surface area contributed by atoms with E-state index in [1.807, 2.05) is 0 Å². The lowest BCUT2D eigenvalue weighted by Crippen LogP contribution is -2.30. The highest BCUT2D eigenvalue weighted by Crippen LogP contribution is 2.34. The van der Waals surface area contributed by atoms with Gasteiger partial charge < -0.3 is 19.2 Å². The van der Waals surface area contributed by atoms with E-state index in [-0.39, 0.29) is 5.56 Å². The average Bonchev–Trinajstić information content (AvgIpc) is 3.18. The van der Waals surface area contributed by atoms with Crippen LogP contribution in [0.25, 0.3) is 11.5 Å². The van der Waals surface area contributed by atoms with E-state index in [1.54, 1.807) is 18.3 Å². The number of aromatic nitrogens is 3. The van der Waals surface area contributed by atoms with Gasteiger partial charge in [0.25, 0.3) is 5.91 Å². The number of fused-ring (bicyclic) bond motifs is 1. The smallest absolute Gasteiger partial charge is 0.481 e. The monoisotopic (exact) mass is 434 g/mol. The molecular formula is C20H17F3N4O4. The molecule has 0 aromatic carbocycles. The van der Waals surface area contributed by atoms with E-state index in [9.17, 15) is 18.0 Å². The Morgan fingerprint density at radius 1 is 1.19 bits per heavy atom. The van der Waals surface area contributed by atoms with Crippen LogP contribution in [0.4, 0.5) is 13.2 Å². The Morgan fingerprint density at radius 3 is 2.74 bits per heavy atom. The van der Waals surface area contributed by atoms with Crippen molar-refractivity contribution < 1.29 is 31.9 Å². The Balaban J connectivity index is 1.54. The van der Waals surface area contributed by atoms with Crippen molar-refractivity contribution in [3.63, 3.8) is 0 Å². The summed E-state index contributed by atoms with van der Waals surface area (Å²) >= 11 is 0. The maximum atomic E-state index is 12.6. The maximum absolute atomic E-state index is 12.6. The van der Waals surface area contributed by atoms with E-state index in [2.05, 4.69) is 25.0 Å². The normalized spacial score (nSPS) is 15.8. The van der Waals surface area contributed by atoms with Gasteiger partial charge in [-0.3, -0.25) is 4.79 Å². The van der Waals surface area contributed by atoms with Gasteiger partial charge in [0.2, 0.25) is 17.7 Å². The minimum atomic E-state index is -4.90. The molecule has 3 heterocycles. The lowest BCUT2D eigenvalue weighted by molar-refractivity contribution is -0.276. The zero-order valence-corrected chi connectivity index (χ0v) is 16.3. The minimum absolute atomic E-state index is 0.0139. The Bertz CT molecular complexity index is 1100. The number of ether oxygens (including phenoxy) is 2. The number of pyridine rings is 2. The van der Waals surface area contributed by atoms with E-state index in [1.165, 1.54) is 13.2 Å². The molecule has 0 unspecified atom stereocenters. The molecule has 1 N–H and O–H groups in total. The number of aryl methyl sites for hydroxylation is 1. The van der Waals surface area contributed by atoms with Gasteiger partial charge in [-0.1, -0.05) is 0 Å². The van der Waals surface area contributed by atoms with Crippen LogP contribution in [0.1, 0.15) is 40.7 Å². The molecule has 0 spiro atoms. The molecule has 0 aliphatic heterocycles. The van der Waals surface area contributed by atoms with Crippen molar-refractivity contribution >= 4 is 5.91 Å². The lowest BCUT2D eigenvalue weighted by atomic mass is 9.97. The first-order valence-electron chi connectivity index (χ1n) is 9.35. The van der Waals surface area contributed by atoms with E-state index in [0.29, 0.717) is 35.9 Å². The predicted octanol–water partition coefficient (Wildman–Crippen LogP) is 3.85. The van der Waals surface area contributed by atoms with Gasteiger partial charge in [-0.25, -0.2) is 15.0 Å². The molecule has 0 saturated carbocycles. The predicted molar refractivity (Wildman–Crippen MR) is 100 cm³/mol. The molecule has 3 aromatic heterocycles. The van der Waals surface area contributed by atoms with Crippen LogP contribution >= 0.6 is 0 Å². The Hall–Kier alpha value is -3.63. The molecule has 0 saturated heterocycles. The quantitative estimate of drug-likeness (QED) is 0.651. The first kappa shape index (κ1) is 20.6. The fraction of sp³-hybridized carbons (Fsp3) is 0.300. The molecule has 31 heavy (non-hydrogen) atoms. The SMILES string of the molecule is COc1cc(-c2nc3c(o2)[C@H](NC(=O)c2ccnc(OC(F)(F)F)c2)CCC3)ccn1. The second kappa shape index (κ2) is 8.25. The molecule has 162 valence electrons. The maximum Gasteiger partial charge on any atom is 0.574 e. The average molecular weight is 434 g/mol. The molecule has 1 aliphatic carbocycles. The van der Waals surface area contributed by atoms with Crippen LogP contribution < -0.4 is 14.8 Å². The highest BCUT2D eigenvalue weighted by atomic mass is 19.4. The number of rotatable bonds is 5. The van der Waals surface area contributed by atoms with Crippen LogP contribution in [-0.2, 0) is 6.42 Å². The number of amides is 1. The third-order valence-electron chi connectivity index (χ3n) is 4.66. The molecule has 0 fully saturated rings. The summed E-state index contributed by atoms with van der Waals surface area (Å²) in [4.78, 5) is 24.7. The number of nitrogens with zero attached hydrogens (tertiary/aromatic N) is 3. The summed E-state index contributed by atoms with van der Waals surface area (Å²) in [5, 5.41) is 2.79. The molecule has 8 nitrogen and oxygen atoms in total. The Morgan fingerprint density at radius 2 is 1.97 bits per heavy atom. The number of halogens is 3. The minimum Gasteiger partial charge on any atom is -0.481 e. The van der Waals surface area contributed by atoms with Gasteiger partial charge >= 0.3 is 6.36 Å². The number of alkyl halides is 3. The van der Waals surface area contributed by atoms with Gasteiger partial charge in [-0.15, -0.1) is 13.2 Å². The number of carbonyl (C=O) groups excluding carboxylic acids is 1. The molecule has 4 rings (SSSR count). The summed E-state index contributed by atoms with van der Waals surface area (Å²) in [6.07, 6.45) is -0.197. The highest BCUT2D eigenvalue weighted by Gasteiger charge is 2.32. The van der Waals surface area contributed by atoms with E-state index in [4.69, 9.17) is 9.15 Å². The largest absolute Gasteiger partial charge is 0.574 e. The number of hydrogen-bond acceptors (Lipinski definition) is 7. The van der Waals surface area contributed by atoms with Gasteiger partial charge in [0.15, 0.2) is 0 Å². The Kier molecular flexibility index (Phi) is 5.49. The first-order valence-corrected chi connectivity index (χ1v) is 9.35. The van der Waals surface area contributed by atoms with Crippen LogP contribution in [0.2, 0.25) is 0 Å². The van der Waals surface area contributed by atoms with Crippen molar-refractivity contribution in [1.82, 2.24) is 20.3 Å². The molecule has 1 atom stereocenters. The summed E-state index contributed by atoms with van der Waals surface area (Å²) in [6.45, 7) is 0. The van der Waals surface area contributed by atoms with Crippen LogP contribution in [-0.4, -0.2) is 34.3 Å². The van der Waals surface area contributed by atoms with E-state index >= 15 is 0 Å². The van der Waals surface area contributed by atoms with Crippen molar-refractivity contribution in [2.24, 2.45) is 0 Å². The van der Waals surface area contributed by atoms with Crippen LogP contribution in [0, 0.1) is 0 Å². The fourth-order valence-corrected chi connectivity index (χ4v) is 3.30. The second-order valence-corrected chi connectivity index (χ2v) is 6.77. The summed E-state index contributed by atoms with van der Waals surface area (Å²) in [5.41, 5.74) is 1.38. The van der Waals surface area contributed by atoms with Gasteiger partial charge in [-0.05, 0) is 31.4 Å². The second-order valence-electron chi connectivity index (χ2n) is 6.77. The molecular weight excluding hydrogens is 417 g/mol. The van der Waals surface area contributed by atoms with Crippen molar-refractivity contribution in [1.29, 1.82) is 0 Å². The fourth-order valence-electron chi connectivity index (χ4n) is 3.30. The molecule has 0 radical (unpaired) electrons. The lowest BCUT2D eigenvalue weighted by Gasteiger charge is -2.21. The standard InChI is InChI=1S/C20H17F3N4O4/c1-29-15-10-12(6-8-24-15)19-27-14-4-2-3-13(17(14)30-19)26-18(28)11-5-7-25-16(9-11)31-20(21,22)23/h5-10,13H,2-4H2,1H3,(H,26,28)/t13-/m1/s1. The van der Waals surface area contributed by atoms with Crippen LogP contribution in [0.15, 0.2) is 41.1 Å². The Labute approximate surface area is 174 Å². The van der Waals surface area contributed by atoms with Gasteiger partial charge in [0.05, 0.1) is 18.8 Å². The van der Waals surface area contributed by atoms with Crippen LogP contribution in [0.3, 0.4) is 0 Å². The molecule has 11 heteroatoms. The number of nitrogens with one attached hydrogen (secondary N) is 1. The van der Waals surface area contributed by atoms with Crippen molar-refractivity contribution in [3.8, 4) is 23.2 Å². The number of hydrogen-bond donors (Lipinski definition) is 1. The zero-order valence-electron chi connectivity index (χ0n) is 16.3. The summed E-state index contributed by atoms with van der Waals surface area (Å²) < 4.78 is 52.1.